The average Bonchev–Trinajstić information content (AvgIpc) is 2.50. The molecule has 2 heterocycles. The third kappa shape index (κ3) is 1.94. The lowest BCUT2D eigenvalue weighted by molar-refractivity contribution is 0.125. The molecule has 0 spiro atoms. The third-order valence-corrected chi connectivity index (χ3v) is 2.51. The number of nitrogens with two attached hydrogens (primary N) is 1. The van der Waals surface area contributed by atoms with E-state index in [1.165, 1.54) is 0 Å². The molecule has 2 N–H and O–H groups in total. The Morgan fingerprint density at radius 3 is 3.07 bits per heavy atom. The van der Waals surface area contributed by atoms with Gasteiger partial charge in [0.1, 0.15) is 0 Å². The molecule has 1 aromatic heterocycles. The highest BCUT2D eigenvalue weighted by molar-refractivity contribution is 5.72. The van der Waals surface area contributed by atoms with Crippen LogP contribution in [0.2, 0.25) is 0 Å². The van der Waals surface area contributed by atoms with Crippen LogP contribution in [0, 0.1) is 0 Å². The number of methoxy groups -OCH3 is 1. The van der Waals surface area contributed by atoms with E-state index in [1.807, 2.05) is 10.9 Å². The van der Waals surface area contributed by atoms with E-state index < -0.39 is 0 Å². The summed E-state index contributed by atoms with van der Waals surface area (Å²) in [6.07, 6.45) is 3.71. The molecule has 0 aromatic carbocycles. The summed E-state index contributed by atoms with van der Waals surface area (Å²) in [5, 5.41) is 4.21. The van der Waals surface area contributed by atoms with Gasteiger partial charge in [0.25, 0.3) is 0 Å². The zero-order valence-corrected chi connectivity index (χ0v) is 8.59. The minimum Gasteiger partial charge on any atom is -0.380 e. The largest absolute Gasteiger partial charge is 0.380 e. The number of rotatable bonds is 3. The van der Waals surface area contributed by atoms with E-state index >= 15 is 0 Å². The number of likely N-dealkylation sites (tertiary alicyclic amines) is 1. The van der Waals surface area contributed by atoms with E-state index in [0.717, 1.165) is 5.56 Å². The Morgan fingerprint density at radius 1 is 1.73 bits per heavy atom. The number of carbonyl (C=O) groups excluding carboxylic acids is 1. The molecule has 15 heavy (non-hydrogen) atoms. The lowest BCUT2D eigenvalue weighted by Gasteiger charge is -2.37. The Hall–Kier alpha value is -1.56. The Kier molecular flexibility index (Phi) is 2.59. The molecule has 0 atom stereocenters. The average molecular weight is 210 g/mol. The zero-order chi connectivity index (χ0) is 10.8. The molecule has 0 radical (unpaired) electrons. The molecule has 1 fully saturated rings. The lowest BCUT2D eigenvalue weighted by Crippen LogP contribution is -2.52. The normalized spacial score (nSPS) is 16.5. The molecule has 1 aliphatic heterocycles. The van der Waals surface area contributed by atoms with Crippen molar-refractivity contribution in [1.82, 2.24) is 14.7 Å². The van der Waals surface area contributed by atoms with Crippen LogP contribution in [0.1, 0.15) is 11.6 Å². The number of urea groups is 1. The first-order chi connectivity index (χ1) is 7.20. The van der Waals surface area contributed by atoms with E-state index in [4.69, 9.17) is 10.5 Å². The van der Waals surface area contributed by atoms with Gasteiger partial charge in [0, 0.05) is 32.0 Å². The smallest absolute Gasteiger partial charge is 0.314 e. The number of aromatic nitrogens is 2. The highest BCUT2D eigenvalue weighted by Gasteiger charge is 2.30. The first kappa shape index (κ1) is 9.97. The van der Waals surface area contributed by atoms with Crippen LogP contribution >= 0.6 is 0 Å². The van der Waals surface area contributed by atoms with Crippen LogP contribution in [0.15, 0.2) is 12.4 Å². The van der Waals surface area contributed by atoms with Crippen LogP contribution in [-0.4, -0.2) is 40.9 Å². The monoisotopic (exact) mass is 210 g/mol. The van der Waals surface area contributed by atoms with Crippen molar-refractivity contribution in [3.05, 3.63) is 18.0 Å². The summed E-state index contributed by atoms with van der Waals surface area (Å²) >= 11 is 0. The molecular weight excluding hydrogens is 196 g/mol. The topological polar surface area (TPSA) is 73.4 Å². The van der Waals surface area contributed by atoms with E-state index in [1.54, 1.807) is 18.2 Å². The number of amides is 2. The maximum atomic E-state index is 10.8. The standard InChI is InChI=1S/C9H14N4O2/c1-15-6-7-2-11-13(3-7)8-4-12(5-8)9(10)14/h2-3,8H,4-6H2,1H3,(H2,10,14). The number of hydrogen-bond donors (Lipinski definition) is 1. The van der Waals surface area contributed by atoms with Gasteiger partial charge in [-0.2, -0.15) is 5.10 Å². The highest BCUT2D eigenvalue weighted by Crippen LogP contribution is 2.20. The zero-order valence-electron chi connectivity index (χ0n) is 8.59. The minimum atomic E-state index is -0.365. The van der Waals surface area contributed by atoms with Crippen molar-refractivity contribution in [3.8, 4) is 0 Å². The van der Waals surface area contributed by atoms with Gasteiger partial charge in [0.2, 0.25) is 0 Å². The summed E-state index contributed by atoms with van der Waals surface area (Å²) in [5.41, 5.74) is 6.17. The van der Waals surface area contributed by atoms with Crippen LogP contribution in [0.25, 0.3) is 0 Å². The highest BCUT2D eigenvalue weighted by atomic mass is 16.5. The third-order valence-electron chi connectivity index (χ3n) is 2.51. The molecule has 1 aromatic rings. The van der Waals surface area contributed by atoms with Crippen molar-refractivity contribution in [3.63, 3.8) is 0 Å². The van der Waals surface area contributed by atoms with Gasteiger partial charge >= 0.3 is 6.03 Å². The second-order valence-electron chi connectivity index (χ2n) is 3.66. The van der Waals surface area contributed by atoms with Gasteiger partial charge in [-0.3, -0.25) is 4.68 Å². The molecule has 0 aliphatic carbocycles. The molecule has 6 nitrogen and oxygen atoms in total. The van der Waals surface area contributed by atoms with Gasteiger partial charge in [-0.25, -0.2) is 4.79 Å². The van der Waals surface area contributed by atoms with Crippen LogP contribution in [0.3, 0.4) is 0 Å². The van der Waals surface area contributed by atoms with Crippen LogP contribution in [0.4, 0.5) is 4.79 Å². The van der Waals surface area contributed by atoms with E-state index in [2.05, 4.69) is 5.10 Å². The number of hydrogen-bond acceptors (Lipinski definition) is 3. The summed E-state index contributed by atoms with van der Waals surface area (Å²) in [4.78, 5) is 12.4. The first-order valence-corrected chi connectivity index (χ1v) is 4.77. The van der Waals surface area contributed by atoms with Crippen LogP contribution in [-0.2, 0) is 11.3 Å². The summed E-state index contributed by atoms with van der Waals surface area (Å²) < 4.78 is 6.85. The summed E-state index contributed by atoms with van der Waals surface area (Å²) in [7, 11) is 1.65. The molecule has 6 heteroatoms. The Bertz CT molecular complexity index is 357. The maximum Gasteiger partial charge on any atom is 0.314 e. The Morgan fingerprint density at radius 2 is 2.47 bits per heavy atom. The first-order valence-electron chi connectivity index (χ1n) is 4.77. The van der Waals surface area contributed by atoms with Gasteiger partial charge in [0.15, 0.2) is 0 Å². The molecule has 1 saturated heterocycles. The van der Waals surface area contributed by atoms with Crippen molar-refractivity contribution >= 4 is 6.03 Å². The molecule has 82 valence electrons. The van der Waals surface area contributed by atoms with Crippen molar-refractivity contribution < 1.29 is 9.53 Å². The second-order valence-corrected chi connectivity index (χ2v) is 3.66. The second kappa shape index (κ2) is 3.90. The van der Waals surface area contributed by atoms with Gasteiger partial charge < -0.3 is 15.4 Å². The fourth-order valence-corrected chi connectivity index (χ4v) is 1.62. The minimum absolute atomic E-state index is 0.253. The van der Waals surface area contributed by atoms with Crippen molar-refractivity contribution in [2.75, 3.05) is 20.2 Å². The SMILES string of the molecule is COCc1cnn(C2CN(C(N)=O)C2)c1. The Labute approximate surface area is 87.6 Å². The molecule has 2 amide bonds. The number of carbonyl (C=O) groups is 1. The molecule has 0 bridgehead atoms. The van der Waals surface area contributed by atoms with E-state index in [0.29, 0.717) is 19.7 Å². The molecule has 0 saturated carbocycles. The summed E-state index contributed by atoms with van der Waals surface area (Å²) in [5.74, 6) is 0. The predicted molar refractivity (Wildman–Crippen MR) is 53.1 cm³/mol. The van der Waals surface area contributed by atoms with Gasteiger partial charge in [-0.05, 0) is 0 Å². The van der Waals surface area contributed by atoms with Crippen molar-refractivity contribution in [1.29, 1.82) is 0 Å². The number of nitrogens with zero attached hydrogens (tertiary/aromatic N) is 3. The fraction of sp³-hybridized carbons (Fsp3) is 0.556. The van der Waals surface area contributed by atoms with Crippen LogP contribution in [0.5, 0.6) is 0 Å². The molecular formula is C9H14N4O2. The van der Waals surface area contributed by atoms with Crippen LogP contribution < -0.4 is 5.73 Å². The fourth-order valence-electron chi connectivity index (χ4n) is 1.62. The molecule has 2 rings (SSSR count). The maximum absolute atomic E-state index is 10.8. The molecule has 1 aliphatic rings. The summed E-state index contributed by atoms with van der Waals surface area (Å²) in [6, 6.07) is -0.112. The van der Waals surface area contributed by atoms with E-state index in [-0.39, 0.29) is 12.1 Å². The lowest BCUT2D eigenvalue weighted by atomic mass is 10.1. The van der Waals surface area contributed by atoms with Gasteiger partial charge in [-0.1, -0.05) is 0 Å². The molecule has 0 unspecified atom stereocenters. The quantitative estimate of drug-likeness (QED) is 0.761. The van der Waals surface area contributed by atoms with Gasteiger partial charge in [0.05, 0.1) is 18.8 Å². The van der Waals surface area contributed by atoms with Crippen molar-refractivity contribution in [2.45, 2.75) is 12.6 Å². The number of primary amides is 1. The van der Waals surface area contributed by atoms with Crippen molar-refractivity contribution in [2.24, 2.45) is 5.73 Å². The number of ether oxygens (including phenoxy) is 1. The summed E-state index contributed by atoms with van der Waals surface area (Å²) in [6.45, 7) is 1.85. The van der Waals surface area contributed by atoms with Gasteiger partial charge in [-0.15, -0.1) is 0 Å². The van der Waals surface area contributed by atoms with E-state index in [9.17, 15) is 4.79 Å². The Balaban J connectivity index is 1.92. The predicted octanol–water partition coefficient (Wildman–Crippen LogP) is -0.0351.